The number of nitrogens with zero attached hydrogens (tertiary/aromatic N) is 3. The Bertz CT molecular complexity index is 408. The summed E-state index contributed by atoms with van der Waals surface area (Å²) in [6.07, 6.45) is 1.56. The maximum atomic E-state index is 8.78. The average Bonchev–Trinajstić information content (AvgIpc) is 2.39. The molecular formula is C11H13N3O2. The Morgan fingerprint density at radius 2 is 2.25 bits per heavy atom. The Morgan fingerprint density at radius 1 is 1.50 bits per heavy atom. The summed E-state index contributed by atoms with van der Waals surface area (Å²) >= 11 is 0. The number of hydrogen-bond donors (Lipinski definition) is 0. The monoisotopic (exact) mass is 219 g/mol. The molecule has 84 valence electrons. The van der Waals surface area contributed by atoms with Gasteiger partial charge in [-0.3, -0.25) is 0 Å². The zero-order valence-corrected chi connectivity index (χ0v) is 9.14. The quantitative estimate of drug-likeness (QED) is 0.736. The van der Waals surface area contributed by atoms with E-state index in [9.17, 15) is 0 Å². The average molecular weight is 219 g/mol. The van der Waals surface area contributed by atoms with Crippen molar-refractivity contribution in [3.63, 3.8) is 0 Å². The van der Waals surface area contributed by atoms with Crippen molar-refractivity contribution in [1.82, 2.24) is 4.98 Å². The molecule has 1 aromatic heterocycles. The molecule has 5 heteroatoms. The number of anilines is 1. The molecule has 0 aliphatic carbocycles. The lowest BCUT2D eigenvalue weighted by Gasteiger charge is -2.28. The van der Waals surface area contributed by atoms with Crippen LogP contribution in [-0.2, 0) is 4.74 Å². The lowest BCUT2D eigenvalue weighted by atomic mass is 10.2. The van der Waals surface area contributed by atoms with Crippen molar-refractivity contribution in [2.75, 3.05) is 38.3 Å². The van der Waals surface area contributed by atoms with E-state index in [1.807, 2.05) is 6.07 Å². The molecule has 0 spiro atoms. The smallest absolute Gasteiger partial charge is 0.171 e. The summed E-state index contributed by atoms with van der Waals surface area (Å²) in [4.78, 5) is 6.37. The van der Waals surface area contributed by atoms with Crippen molar-refractivity contribution in [1.29, 1.82) is 5.26 Å². The van der Waals surface area contributed by atoms with E-state index < -0.39 is 0 Å². The molecule has 0 radical (unpaired) electrons. The molecule has 1 fully saturated rings. The van der Waals surface area contributed by atoms with Crippen LogP contribution in [0.5, 0.6) is 5.75 Å². The van der Waals surface area contributed by atoms with Crippen LogP contribution >= 0.6 is 0 Å². The van der Waals surface area contributed by atoms with Gasteiger partial charge in [0.15, 0.2) is 11.6 Å². The van der Waals surface area contributed by atoms with Crippen LogP contribution in [0.3, 0.4) is 0 Å². The van der Waals surface area contributed by atoms with Crippen molar-refractivity contribution in [2.24, 2.45) is 0 Å². The van der Waals surface area contributed by atoms with Gasteiger partial charge in [0.05, 0.1) is 25.9 Å². The van der Waals surface area contributed by atoms with Crippen molar-refractivity contribution in [2.45, 2.75) is 0 Å². The Morgan fingerprint density at radius 3 is 2.88 bits per heavy atom. The van der Waals surface area contributed by atoms with Gasteiger partial charge >= 0.3 is 0 Å². The van der Waals surface area contributed by atoms with Crippen LogP contribution in [0, 0.1) is 11.3 Å². The van der Waals surface area contributed by atoms with Gasteiger partial charge in [-0.1, -0.05) is 0 Å². The molecule has 0 unspecified atom stereocenters. The fourth-order valence-electron chi connectivity index (χ4n) is 1.66. The van der Waals surface area contributed by atoms with Crippen LogP contribution in [0.15, 0.2) is 12.3 Å². The lowest BCUT2D eigenvalue weighted by Crippen LogP contribution is -2.37. The number of morpholine rings is 1. The fourth-order valence-corrected chi connectivity index (χ4v) is 1.66. The minimum Gasteiger partial charge on any atom is -0.493 e. The van der Waals surface area contributed by atoms with E-state index in [1.165, 1.54) is 0 Å². The van der Waals surface area contributed by atoms with Crippen LogP contribution < -0.4 is 9.64 Å². The molecule has 16 heavy (non-hydrogen) atoms. The number of nitriles is 1. The summed E-state index contributed by atoms with van der Waals surface area (Å²) in [5.41, 5.74) is 0.508. The predicted molar refractivity (Wildman–Crippen MR) is 58.5 cm³/mol. The largest absolute Gasteiger partial charge is 0.493 e. The topological polar surface area (TPSA) is 58.4 Å². The number of rotatable bonds is 2. The third kappa shape index (κ3) is 2.07. The Hall–Kier alpha value is -1.80. The molecule has 0 aromatic carbocycles. The van der Waals surface area contributed by atoms with Gasteiger partial charge in [-0.25, -0.2) is 4.98 Å². The molecule has 1 aromatic rings. The van der Waals surface area contributed by atoms with E-state index in [0.717, 1.165) is 18.9 Å². The zero-order valence-electron chi connectivity index (χ0n) is 9.14. The van der Waals surface area contributed by atoms with Gasteiger partial charge in [0, 0.05) is 25.4 Å². The van der Waals surface area contributed by atoms with E-state index in [1.54, 1.807) is 19.4 Å². The van der Waals surface area contributed by atoms with Gasteiger partial charge in [-0.05, 0) is 0 Å². The molecule has 1 saturated heterocycles. The molecule has 2 heterocycles. The van der Waals surface area contributed by atoms with Crippen molar-refractivity contribution in [3.8, 4) is 11.8 Å². The normalized spacial score (nSPS) is 15.6. The van der Waals surface area contributed by atoms with Crippen LogP contribution in [0.25, 0.3) is 0 Å². The lowest BCUT2D eigenvalue weighted by molar-refractivity contribution is 0.122. The maximum Gasteiger partial charge on any atom is 0.171 e. The van der Waals surface area contributed by atoms with E-state index in [-0.39, 0.29) is 0 Å². The zero-order chi connectivity index (χ0) is 11.4. The number of aromatic nitrogens is 1. The highest BCUT2D eigenvalue weighted by molar-refractivity contribution is 5.55. The first kappa shape index (κ1) is 10.7. The van der Waals surface area contributed by atoms with Crippen LogP contribution in [-0.4, -0.2) is 38.4 Å². The highest BCUT2D eigenvalue weighted by atomic mass is 16.5. The van der Waals surface area contributed by atoms with Gasteiger partial charge in [0.25, 0.3) is 0 Å². The second-order valence-corrected chi connectivity index (χ2v) is 3.46. The number of pyridine rings is 1. The number of methoxy groups -OCH3 is 1. The number of hydrogen-bond acceptors (Lipinski definition) is 5. The molecule has 1 aliphatic rings. The Labute approximate surface area is 94.2 Å². The number of ether oxygens (including phenoxy) is 2. The molecule has 1 aliphatic heterocycles. The molecule has 5 nitrogen and oxygen atoms in total. The summed E-state index contributed by atoms with van der Waals surface area (Å²) in [6, 6.07) is 3.75. The summed E-state index contributed by atoms with van der Waals surface area (Å²) < 4.78 is 10.5. The molecule has 0 saturated carbocycles. The van der Waals surface area contributed by atoms with Crippen LogP contribution in [0.1, 0.15) is 5.56 Å². The third-order valence-electron chi connectivity index (χ3n) is 2.49. The molecule has 0 amide bonds. The Balaban J connectivity index is 2.29. The first-order valence-electron chi connectivity index (χ1n) is 5.12. The molecule has 0 N–H and O–H groups in total. The van der Waals surface area contributed by atoms with Gasteiger partial charge in [-0.2, -0.15) is 5.26 Å². The minimum atomic E-state index is 0.508. The standard InChI is InChI=1S/C11H13N3O2/c1-15-10-6-9(7-12)8-13-11(10)14-2-4-16-5-3-14/h6,8H,2-5H2,1H3. The highest BCUT2D eigenvalue weighted by Gasteiger charge is 2.17. The van der Waals surface area contributed by atoms with E-state index in [4.69, 9.17) is 14.7 Å². The van der Waals surface area contributed by atoms with Gasteiger partial charge in [0.2, 0.25) is 0 Å². The third-order valence-corrected chi connectivity index (χ3v) is 2.49. The maximum absolute atomic E-state index is 8.78. The van der Waals surface area contributed by atoms with Crippen molar-refractivity contribution in [3.05, 3.63) is 17.8 Å². The van der Waals surface area contributed by atoms with Gasteiger partial charge in [-0.15, -0.1) is 0 Å². The van der Waals surface area contributed by atoms with Crippen molar-refractivity contribution < 1.29 is 9.47 Å². The molecule has 0 bridgehead atoms. The summed E-state index contributed by atoms with van der Waals surface area (Å²) in [5, 5.41) is 8.78. The molecular weight excluding hydrogens is 206 g/mol. The van der Waals surface area contributed by atoms with E-state index in [2.05, 4.69) is 9.88 Å². The predicted octanol–water partition coefficient (Wildman–Crippen LogP) is 0.798. The minimum absolute atomic E-state index is 0.508. The highest BCUT2D eigenvalue weighted by Crippen LogP contribution is 2.26. The van der Waals surface area contributed by atoms with Gasteiger partial charge < -0.3 is 14.4 Å². The molecule has 2 rings (SSSR count). The second kappa shape index (κ2) is 4.81. The van der Waals surface area contributed by atoms with Gasteiger partial charge in [0.1, 0.15) is 6.07 Å². The second-order valence-electron chi connectivity index (χ2n) is 3.46. The fraction of sp³-hybridized carbons (Fsp3) is 0.455. The first-order chi connectivity index (χ1) is 7.85. The van der Waals surface area contributed by atoms with Crippen LogP contribution in [0.2, 0.25) is 0 Å². The molecule has 0 atom stereocenters. The summed E-state index contributed by atoms with van der Waals surface area (Å²) in [7, 11) is 1.59. The van der Waals surface area contributed by atoms with E-state index in [0.29, 0.717) is 24.5 Å². The van der Waals surface area contributed by atoms with Crippen molar-refractivity contribution >= 4 is 5.82 Å². The van der Waals surface area contributed by atoms with E-state index >= 15 is 0 Å². The first-order valence-corrected chi connectivity index (χ1v) is 5.12. The summed E-state index contributed by atoms with van der Waals surface area (Å²) in [6.45, 7) is 3.00. The van der Waals surface area contributed by atoms with Crippen LogP contribution in [0.4, 0.5) is 5.82 Å². The Kier molecular flexibility index (Phi) is 3.22. The SMILES string of the molecule is COc1cc(C#N)cnc1N1CCOCC1. The summed E-state index contributed by atoms with van der Waals surface area (Å²) in [5.74, 6) is 1.42.